The van der Waals surface area contributed by atoms with Crippen molar-refractivity contribution in [2.24, 2.45) is 5.73 Å². The summed E-state index contributed by atoms with van der Waals surface area (Å²) in [5.41, 5.74) is 7.43. The molecule has 0 aromatic heterocycles. The Morgan fingerprint density at radius 1 is 1.04 bits per heavy atom. The van der Waals surface area contributed by atoms with Gasteiger partial charge in [0, 0.05) is 24.3 Å². The Morgan fingerprint density at radius 3 is 2.36 bits per heavy atom. The Balaban J connectivity index is 1.68. The minimum absolute atomic E-state index is 0.128. The SMILES string of the molecule is CN(CCCNC(=O)c1ccc(NC(N)=O)cc1)Cc1ccccc1. The second-order valence-corrected chi connectivity index (χ2v) is 5.90. The Kier molecular flexibility index (Phi) is 6.98. The van der Waals surface area contributed by atoms with E-state index < -0.39 is 6.03 Å². The second-order valence-electron chi connectivity index (χ2n) is 5.90. The molecule has 0 aliphatic rings. The van der Waals surface area contributed by atoms with E-state index in [-0.39, 0.29) is 5.91 Å². The number of carbonyl (C=O) groups is 2. The predicted molar refractivity (Wildman–Crippen MR) is 99.4 cm³/mol. The monoisotopic (exact) mass is 340 g/mol. The molecule has 0 heterocycles. The molecular formula is C19H24N4O2. The summed E-state index contributed by atoms with van der Waals surface area (Å²) in [6.45, 7) is 2.40. The molecule has 0 saturated heterocycles. The summed E-state index contributed by atoms with van der Waals surface area (Å²) < 4.78 is 0. The standard InChI is InChI=1S/C19H24N4O2/c1-23(14-15-6-3-2-4-7-15)13-5-12-21-18(24)16-8-10-17(11-9-16)22-19(20)25/h2-4,6-11H,5,12-14H2,1H3,(H,21,24)(H3,20,22,25). The van der Waals surface area contributed by atoms with Gasteiger partial charge in [0.25, 0.3) is 5.91 Å². The Bertz CT molecular complexity index is 686. The molecule has 2 rings (SSSR count). The minimum Gasteiger partial charge on any atom is -0.352 e. The molecule has 2 aromatic carbocycles. The largest absolute Gasteiger partial charge is 0.352 e. The van der Waals surface area contributed by atoms with E-state index in [1.54, 1.807) is 24.3 Å². The molecule has 0 spiro atoms. The lowest BCUT2D eigenvalue weighted by molar-refractivity contribution is 0.0952. The van der Waals surface area contributed by atoms with E-state index >= 15 is 0 Å². The third-order valence-corrected chi connectivity index (χ3v) is 3.71. The molecule has 0 atom stereocenters. The third kappa shape index (κ3) is 6.64. The number of benzene rings is 2. The number of nitrogens with two attached hydrogens (primary N) is 1. The summed E-state index contributed by atoms with van der Waals surface area (Å²) in [6.07, 6.45) is 0.871. The Morgan fingerprint density at radius 2 is 1.72 bits per heavy atom. The summed E-state index contributed by atoms with van der Waals surface area (Å²) in [5.74, 6) is -0.128. The number of nitrogens with zero attached hydrogens (tertiary/aromatic N) is 1. The van der Waals surface area contributed by atoms with Gasteiger partial charge in [-0.1, -0.05) is 30.3 Å². The van der Waals surface area contributed by atoms with Gasteiger partial charge in [-0.25, -0.2) is 4.79 Å². The van der Waals surface area contributed by atoms with Crippen LogP contribution < -0.4 is 16.4 Å². The molecule has 25 heavy (non-hydrogen) atoms. The van der Waals surface area contributed by atoms with Gasteiger partial charge in [-0.05, 0) is 49.8 Å². The second kappa shape index (κ2) is 9.44. The third-order valence-electron chi connectivity index (χ3n) is 3.71. The maximum absolute atomic E-state index is 12.1. The fraction of sp³-hybridized carbons (Fsp3) is 0.263. The van der Waals surface area contributed by atoms with Crippen LogP contribution in [0.15, 0.2) is 54.6 Å². The molecule has 0 bridgehead atoms. The van der Waals surface area contributed by atoms with E-state index in [1.807, 2.05) is 18.2 Å². The predicted octanol–water partition coefficient (Wildman–Crippen LogP) is 2.43. The van der Waals surface area contributed by atoms with Gasteiger partial charge in [0.1, 0.15) is 0 Å². The van der Waals surface area contributed by atoms with Crippen LogP contribution in [0.2, 0.25) is 0 Å². The van der Waals surface area contributed by atoms with Gasteiger partial charge < -0.3 is 21.3 Å². The summed E-state index contributed by atoms with van der Waals surface area (Å²) in [4.78, 5) is 25.1. The first-order valence-corrected chi connectivity index (χ1v) is 8.22. The molecule has 4 N–H and O–H groups in total. The van der Waals surface area contributed by atoms with E-state index in [9.17, 15) is 9.59 Å². The number of urea groups is 1. The molecular weight excluding hydrogens is 316 g/mol. The zero-order chi connectivity index (χ0) is 18.1. The molecule has 0 aliphatic carbocycles. The smallest absolute Gasteiger partial charge is 0.316 e. The number of nitrogens with one attached hydrogen (secondary N) is 2. The highest BCUT2D eigenvalue weighted by atomic mass is 16.2. The topological polar surface area (TPSA) is 87.5 Å². The van der Waals surface area contributed by atoms with Crippen molar-refractivity contribution in [2.45, 2.75) is 13.0 Å². The van der Waals surface area contributed by atoms with Crippen LogP contribution in [-0.2, 0) is 6.54 Å². The van der Waals surface area contributed by atoms with Gasteiger partial charge in [-0.2, -0.15) is 0 Å². The van der Waals surface area contributed by atoms with E-state index in [0.717, 1.165) is 19.5 Å². The highest BCUT2D eigenvalue weighted by Gasteiger charge is 2.06. The van der Waals surface area contributed by atoms with Crippen LogP contribution in [0.4, 0.5) is 10.5 Å². The van der Waals surface area contributed by atoms with Crippen LogP contribution in [0, 0.1) is 0 Å². The molecule has 0 radical (unpaired) electrons. The number of carbonyl (C=O) groups excluding carboxylic acids is 2. The number of hydrogen-bond donors (Lipinski definition) is 3. The highest BCUT2D eigenvalue weighted by molar-refractivity contribution is 5.95. The molecule has 6 nitrogen and oxygen atoms in total. The van der Waals surface area contributed by atoms with Crippen LogP contribution >= 0.6 is 0 Å². The summed E-state index contributed by atoms with van der Waals surface area (Å²) in [6, 6.07) is 16.3. The van der Waals surface area contributed by atoms with Crippen molar-refractivity contribution >= 4 is 17.6 Å². The van der Waals surface area contributed by atoms with Gasteiger partial charge in [0.05, 0.1) is 0 Å². The molecule has 0 unspecified atom stereocenters. The lowest BCUT2D eigenvalue weighted by atomic mass is 10.2. The lowest BCUT2D eigenvalue weighted by Crippen LogP contribution is -2.28. The van der Waals surface area contributed by atoms with Gasteiger partial charge in [-0.15, -0.1) is 0 Å². The van der Waals surface area contributed by atoms with Crippen molar-refractivity contribution in [1.29, 1.82) is 0 Å². The normalized spacial score (nSPS) is 10.5. The van der Waals surface area contributed by atoms with E-state index in [0.29, 0.717) is 17.8 Å². The number of rotatable bonds is 8. The van der Waals surface area contributed by atoms with Crippen LogP contribution in [0.25, 0.3) is 0 Å². The minimum atomic E-state index is -0.628. The lowest BCUT2D eigenvalue weighted by Gasteiger charge is -2.16. The van der Waals surface area contributed by atoms with Crippen molar-refractivity contribution in [3.05, 3.63) is 65.7 Å². The maximum atomic E-state index is 12.1. The van der Waals surface area contributed by atoms with Gasteiger partial charge in [0.2, 0.25) is 0 Å². The number of hydrogen-bond acceptors (Lipinski definition) is 3. The van der Waals surface area contributed by atoms with Crippen molar-refractivity contribution < 1.29 is 9.59 Å². The Hall–Kier alpha value is -2.86. The quantitative estimate of drug-likeness (QED) is 0.645. The average Bonchev–Trinajstić information content (AvgIpc) is 2.59. The van der Waals surface area contributed by atoms with Crippen molar-refractivity contribution in [1.82, 2.24) is 10.2 Å². The zero-order valence-corrected chi connectivity index (χ0v) is 14.4. The van der Waals surface area contributed by atoms with Crippen LogP contribution in [0.1, 0.15) is 22.3 Å². The first-order valence-electron chi connectivity index (χ1n) is 8.22. The molecule has 132 valence electrons. The van der Waals surface area contributed by atoms with Crippen LogP contribution in [0.3, 0.4) is 0 Å². The Labute approximate surface area is 148 Å². The van der Waals surface area contributed by atoms with E-state index in [1.165, 1.54) is 5.56 Å². The number of primary amides is 1. The van der Waals surface area contributed by atoms with Gasteiger partial charge >= 0.3 is 6.03 Å². The number of anilines is 1. The maximum Gasteiger partial charge on any atom is 0.316 e. The van der Waals surface area contributed by atoms with E-state index in [4.69, 9.17) is 5.73 Å². The van der Waals surface area contributed by atoms with Gasteiger partial charge in [0.15, 0.2) is 0 Å². The number of amides is 3. The average molecular weight is 340 g/mol. The first-order chi connectivity index (χ1) is 12.0. The fourth-order valence-corrected chi connectivity index (χ4v) is 2.47. The molecule has 0 fully saturated rings. The van der Waals surface area contributed by atoms with Crippen molar-refractivity contribution in [3.63, 3.8) is 0 Å². The summed E-state index contributed by atoms with van der Waals surface area (Å²) in [7, 11) is 2.07. The molecule has 2 aromatic rings. The van der Waals surface area contributed by atoms with E-state index in [2.05, 4.69) is 34.7 Å². The van der Waals surface area contributed by atoms with Crippen molar-refractivity contribution in [3.8, 4) is 0 Å². The summed E-state index contributed by atoms with van der Waals surface area (Å²) in [5, 5.41) is 5.36. The highest BCUT2D eigenvalue weighted by Crippen LogP contribution is 2.09. The molecule has 6 heteroatoms. The first kappa shape index (κ1) is 18.5. The zero-order valence-electron chi connectivity index (χ0n) is 14.4. The fourth-order valence-electron chi connectivity index (χ4n) is 2.47. The van der Waals surface area contributed by atoms with Crippen LogP contribution in [0.5, 0.6) is 0 Å². The van der Waals surface area contributed by atoms with Crippen molar-refractivity contribution in [2.75, 3.05) is 25.5 Å². The molecule has 3 amide bonds. The van der Waals surface area contributed by atoms with Gasteiger partial charge in [-0.3, -0.25) is 4.79 Å². The molecule has 0 saturated carbocycles. The molecule has 0 aliphatic heterocycles. The summed E-state index contributed by atoms with van der Waals surface area (Å²) >= 11 is 0. The van der Waals surface area contributed by atoms with Crippen LogP contribution in [-0.4, -0.2) is 37.0 Å².